The number of amides is 2. The smallest absolute Gasteiger partial charge is 0.298 e. The molecule has 1 heterocycles. The Bertz CT molecular complexity index is 1290. The fraction of sp³-hybridized carbons (Fsp3) is 0.0435. The van der Waals surface area contributed by atoms with Crippen LogP contribution in [-0.2, 0) is 11.4 Å². The number of hydrogen-bond acceptors (Lipinski definition) is 4. The first-order chi connectivity index (χ1) is 15.7. The van der Waals surface area contributed by atoms with Gasteiger partial charge >= 0.3 is 0 Å². The van der Waals surface area contributed by atoms with Gasteiger partial charge in [0.15, 0.2) is 0 Å². The molecule has 10 heteroatoms. The Labute approximate surface area is 226 Å². The summed E-state index contributed by atoms with van der Waals surface area (Å²) in [6.45, 7) is 0.282. The first-order valence-electron chi connectivity index (χ1n) is 9.33. The number of rotatable bonds is 5. The number of ether oxygens (including phenoxy) is 1. The summed E-state index contributed by atoms with van der Waals surface area (Å²) in [5.74, 6) is 0.160. The van der Waals surface area contributed by atoms with Gasteiger partial charge in [0.2, 0.25) is 0 Å². The van der Waals surface area contributed by atoms with Gasteiger partial charge in [-0.3, -0.25) is 9.59 Å². The van der Waals surface area contributed by atoms with Crippen LogP contribution < -0.4 is 9.64 Å². The highest BCUT2D eigenvalue weighted by molar-refractivity contribution is 9.11. The van der Waals surface area contributed by atoms with Crippen LogP contribution in [0, 0.1) is 0 Å². The van der Waals surface area contributed by atoms with Crippen LogP contribution in [0.2, 0.25) is 15.1 Å². The number of para-hydroxylation sites is 1. The van der Waals surface area contributed by atoms with Crippen molar-refractivity contribution < 1.29 is 14.3 Å². The van der Waals surface area contributed by atoms with E-state index in [4.69, 9.17) is 39.5 Å². The maximum Gasteiger partial charge on any atom is 0.298 e. The zero-order chi connectivity index (χ0) is 23.7. The van der Waals surface area contributed by atoms with Crippen LogP contribution in [0.15, 0.2) is 68.4 Å². The standard InChI is InChI=1S/C23H12Br2Cl3NO3S/c24-14-7-13(8-15(25)21(14)32-11-12-5-6-16(26)18(28)9-12)10-20-22(30)29(23(31)33-20)19-4-2-1-3-17(19)27/h1-10H,11H2/b20-10-. The summed E-state index contributed by atoms with van der Waals surface area (Å²) in [5, 5.41) is 0.858. The third-order valence-electron chi connectivity index (χ3n) is 4.57. The molecular formula is C23H12Br2Cl3NO3S. The Morgan fingerprint density at radius 2 is 1.61 bits per heavy atom. The van der Waals surface area contributed by atoms with Gasteiger partial charge < -0.3 is 4.74 Å². The van der Waals surface area contributed by atoms with E-state index in [1.54, 1.807) is 54.6 Å². The Morgan fingerprint density at radius 1 is 0.909 bits per heavy atom. The number of nitrogens with zero attached hydrogens (tertiary/aromatic N) is 1. The lowest BCUT2D eigenvalue weighted by atomic mass is 10.2. The lowest BCUT2D eigenvalue weighted by Crippen LogP contribution is -2.27. The van der Waals surface area contributed by atoms with Crippen molar-refractivity contribution in [2.45, 2.75) is 6.61 Å². The van der Waals surface area contributed by atoms with Crippen molar-refractivity contribution in [1.29, 1.82) is 0 Å². The van der Waals surface area contributed by atoms with E-state index in [2.05, 4.69) is 31.9 Å². The topological polar surface area (TPSA) is 46.6 Å². The van der Waals surface area contributed by atoms with Crippen molar-refractivity contribution in [2.24, 2.45) is 0 Å². The highest BCUT2D eigenvalue weighted by Gasteiger charge is 2.37. The second-order valence-corrected chi connectivity index (χ2v) is 10.7. The van der Waals surface area contributed by atoms with Crippen LogP contribution in [0.25, 0.3) is 6.08 Å². The molecule has 33 heavy (non-hydrogen) atoms. The molecule has 1 saturated heterocycles. The minimum absolute atomic E-state index is 0.282. The van der Waals surface area contributed by atoms with E-state index in [0.717, 1.165) is 22.2 Å². The molecule has 1 fully saturated rings. The summed E-state index contributed by atoms with van der Waals surface area (Å²) in [4.78, 5) is 26.8. The van der Waals surface area contributed by atoms with Crippen LogP contribution in [0.3, 0.4) is 0 Å². The molecule has 0 radical (unpaired) electrons. The van der Waals surface area contributed by atoms with E-state index < -0.39 is 11.1 Å². The summed E-state index contributed by atoms with van der Waals surface area (Å²) in [6, 6.07) is 15.6. The summed E-state index contributed by atoms with van der Waals surface area (Å²) >= 11 is 26.1. The number of hydrogen-bond donors (Lipinski definition) is 0. The number of carbonyl (C=O) groups is 2. The lowest BCUT2D eigenvalue weighted by Gasteiger charge is -2.14. The van der Waals surface area contributed by atoms with Gasteiger partial charge in [-0.2, -0.15) is 0 Å². The second-order valence-electron chi connectivity index (χ2n) is 6.82. The van der Waals surface area contributed by atoms with Crippen LogP contribution in [-0.4, -0.2) is 11.1 Å². The van der Waals surface area contributed by atoms with E-state index in [0.29, 0.717) is 45.9 Å². The number of halogens is 5. The molecule has 4 nitrogen and oxygen atoms in total. The molecule has 0 spiro atoms. The highest BCUT2D eigenvalue weighted by Crippen LogP contribution is 2.40. The predicted molar refractivity (Wildman–Crippen MR) is 143 cm³/mol. The average Bonchev–Trinajstić information content (AvgIpc) is 3.03. The summed E-state index contributed by atoms with van der Waals surface area (Å²) in [6.07, 6.45) is 1.65. The number of imide groups is 1. The number of anilines is 1. The van der Waals surface area contributed by atoms with E-state index >= 15 is 0 Å². The molecule has 3 aromatic rings. The van der Waals surface area contributed by atoms with Gasteiger partial charge in [-0.25, -0.2) is 4.90 Å². The first kappa shape index (κ1) is 24.6. The maximum atomic E-state index is 12.9. The van der Waals surface area contributed by atoms with Crippen molar-refractivity contribution in [1.82, 2.24) is 0 Å². The summed E-state index contributed by atoms with van der Waals surface area (Å²) in [7, 11) is 0. The van der Waals surface area contributed by atoms with Crippen molar-refractivity contribution in [3.63, 3.8) is 0 Å². The van der Waals surface area contributed by atoms with Gasteiger partial charge in [0.1, 0.15) is 12.4 Å². The van der Waals surface area contributed by atoms with Crippen molar-refractivity contribution in [3.05, 3.63) is 94.6 Å². The van der Waals surface area contributed by atoms with Crippen LogP contribution in [0.4, 0.5) is 10.5 Å². The monoisotopic (exact) mass is 645 g/mol. The summed E-state index contributed by atoms with van der Waals surface area (Å²) < 4.78 is 7.28. The molecule has 4 rings (SSSR count). The molecule has 0 bridgehead atoms. The molecule has 1 aliphatic rings. The fourth-order valence-electron chi connectivity index (χ4n) is 3.05. The third kappa shape index (κ3) is 5.45. The molecule has 0 atom stereocenters. The van der Waals surface area contributed by atoms with Crippen LogP contribution in [0.5, 0.6) is 5.75 Å². The number of thioether (sulfide) groups is 1. The minimum atomic E-state index is -0.426. The Morgan fingerprint density at radius 3 is 2.27 bits per heavy atom. The normalized spacial score (nSPS) is 14.9. The predicted octanol–water partition coefficient (Wildman–Crippen LogP) is 8.99. The van der Waals surface area contributed by atoms with Crippen LogP contribution in [0.1, 0.15) is 11.1 Å². The molecule has 0 aliphatic carbocycles. The van der Waals surface area contributed by atoms with Gasteiger partial charge in [0.05, 0.1) is 34.6 Å². The molecule has 3 aromatic carbocycles. The number of carbonyl (C=O) groups excluding carboxylic acids is 2. The van der Waals surface area contributed by atoms with E-state index in [9.17, 15) is 9.59 Å². The average molecular weight is 649 g/mol. The second kappa shape index (κ2) is 10.4. The molecule has 0 saturated carbocycles. The van der Waals surface area contributed by atoms with Gasteiger partial charge in [0, 0.05) is 0 Å². The first-order valence-corrected chi connectivity index (χ1v) is 12.9. The summed E-state index contributed by atoms with van der Waals surface area (Å²) in [5.41, 5.74) is 1.93. The molecule has 1 aliphatic heterocycles. The van der Waals surface area contributed by atoms with Crippen molar-refractivity contribution in [2.75, 3.05) is 4.90 Å². The zero-order valence-electron chi connectivity index (χ0n) is 16.5. The zero-order valence-corrected chi connectivity index (χ0v) is 22.7. The third-order valence-corrected chi connectivity index (χ3v) is 7.68. The van der Waals surface area contributed by atoms with Crippen molar-refractivity contribution >= 4 is 101 Å². The molecular weight excluding hydrogens is 636 g/mol. The quantitative estimate of drug-likeness (QED) is 0.259. The van der Waals surface area contributed by atoms with Gasteiger partial charge in [-0.05, 0) is 97.2 Å². The maximum absolute atomic E-state index is 12.9. The molecule has 0 aromatic heterocycles. The minimum Gasteiger partial charge on any atom is -0.487 e. The Balaban J connectivity index is 1.55. The molecule has 0 unspecified atom stereocenters. The molecule has 0 N–H and O–H groups in total. The Kier molecular flexibility index (Phi) is 7.78. The van der Waals surface area contributed by atoms with Gasteiger partial charge in [-0.1, -0.05) is 53.0 Å². The Hall–Kier alpha value is -1.48. The molecule has 2 amide bonds. The van der Waals surface area contributed by atoms with Crippen molar-refractivity contribution in [3.8, 4) is 5.75 Å². The van der Waals surface area contributed by atoms with Gasteiger partial charge in [-0.15, -0.1) is 0 Å². The number of benzene rings is 3. The molecule has 168 valence electrons. The SMILES string of the molecule is O=C1S/C(=C\c2cc(Br)c(OCc3ccc(Cl)c(Cl)c3)c(Br)c2)C(=O)N1c1ccccc1Cl. The van der Waals surface area contributed by atoms with E-state index in [-0.39, 0.29) is 6.61 Å². The van der Waals surface area contributed by atoms with E-state index in [1.807, 2.05) is 6.07 Å². The fourth-order valence-corrected chi connectivity index (χ4v) is 5.87. The largest absolute Gasteiger partial charge is 0.487 e. The van der Waals surface area contributed by atoms with E-state index in [1.165, 1.54) is 0 Å². The lowest BCUT2D eigenvalue weighted by molar-refractivity contribution is -0.113. The van der Waals surface area contributed by atoms with Gasteiger partial charge in [0.25, 0.3) is 11.1 Å². The highest BCUT2D eigenvalue weighted by atomic mass is 79.9. The van der Waals surface area contributed by atoms with Crippen LogP contribution >= 0.6 is 78.4 Å².